The average molecular weight is 418 g/mol. The third-order valence-electron chi connectivity index (χ3n) is 4.61. The van der Waals surface area contributed by atoms with Crippen LogP contribution in [0.3, 0.4) is 0 Å². The quantitative estimate of drug-likeness (QED) is 0.623. The molecule has 1 aliphatic heterocycles. The molecule has 0 atom stereocenters. The van der Waals surface area contributed by atoms with Crippen molar-refractivity contribution in [1.29, 1.82) is 0 Å². The summed E-state index contributed by atoms with van der Waals surface area (Å²) in [5.74, 6) is 1.28. The molecule has 1 aromatic carbocycles. The Kier molecular flexibility index (Phi) is 5.28. The van der Waals surface area contributed by atoms with Gasteiger partial charge in [-0.15, -0.1) is 11.3 Å². The van der Waals surface area contributed by atoms with E-state index in [1.807, 2.05) is 49.6 Å². The highest BCUT2D eigenvalue weighted by molar-refractivity contribution is 7.09. The van der Waals surface area contributed by atoms with Crippen molar-refractivity contribution >= 4 is 34.5 Å². The molecule has 0 saturated heterocycles. The van der Waals surface area contributed by atoms with E-state index in [0.29, 0.717) is 36.3 Å². The van der Waals surface area contributed by atoms with Crippen molar-refractivity contribution in [1.82, 2.24) is 9.78 Å². The number of rotatable bonds is 5. The lowest BCUT2D eigenvalue weighted by molar-refractivity contribution is -0.119. The van der Waals surface area contributed by atoms with Crippen LogP contribution in [0, 0.1) is 13.8 Å². The van der Waals surface area contributed by atoms with E-state index >= 15 is 0 Å². The van der Waals surface area contributed by atoms with Crippen molar-refractivity contribution in [2.45, 2.75) is 26.9 Å². The molecule has 0 N–H and O–H groups in total. The Hall–Kier alpha value is -2.51. The zero-order valence-electron chi connectivity index (χ0n) is 15.6. The molecule has 0 radical (unpaired) electrons. The Morgan fingerprint density at radius 3 is 2.71 bits per heavy atom. The first kappa shape index (κ1) is 18.8. The topological polar surface area (TPSA) is 56.6 Å². The van der Waals surface area contributed by atoms with E-state index in [9.17, 15) is 4.79 Å². The van der Waals surface area contributed by atoms with Crippen LogP contribution in [0.4, 0.5) is 5.69 Å². The first-order chi connectivity index (χ1) is 13.5. The summed E-state index contributed by atoms with van der Waals surface area (Å²) in [6.07, 6.45) is 0. The summed E-state index contributed by atoms with van der Waals surface area (Å²) in [4.78, 5) is 16.1. The lowest BCUT2D eigenvalue weighted by Gasteiger charge is -2.25. The number of benzene rings is 1. The number of fused-ring (bicyclic) bond motifs is 1. The summed E-state index contributed by atoms with van der Waals surface area (Å²) < 4.78 is 12.9. The molecule has 3 aromatic rings. The van der Waals surface area contributed by atoms with Gasteiger partial charge in [0.2, 0.25) is 5.91 Å². The molecule has 8 heteroatoms. The van der Waals surface area contributed by atoms with Gasteiger partial charge in [0.05, 0.1) is 23.0 Å². The Labute approximate surface area is 172 Å². The van der Waals surface area contributed by atoms with Crippen LogP contribution < -0.4 is 14.4 Å². The van der Waals surface area contributed by atoms with E-state index in [1.165, 1.54) is 0 Å². The van der Waals surface area contributed by atoms with Gasteiger partial charge in [-0.05, 0) is 37.4 Å². The van der Waals surface area contributed by atoms with Gasteiger partial charge in [-0.25, -0.2) is 0 Å². The lowest BCUT2D eigenvalue weighted by Crippen LogP contribution is -2.34. The monoisotopic (exact) mass is 417 g/mol. The predicted molar refractivity (Wildman–Crippen MR) is 110 cm³/mol. The van der Waals surface area contributed by atoms with Gasteiger partial charge >= 0.3 is 0 Å². The van der Waals surface area contributed by atoms with Gasteiger partial charge in [0.15, 0.2) is 11.5 Å². The van der Waals surface area contributed by atoms with Gasteiger partial charge in [0.1, 0.15) is 19.8 Å². The van der Waals surface area contributed by atoms with Crippen LogP contribution in [0.15, 0.2) is 35.7 Å². The number of hydrogen-bond acceptors (Lipinski definition) is 5. The number of ether oxygens (including phenoxy) is 2. The summed E-state index contributed by atoms with van der Waals surface area (Å²) in [6.45, 7) is 5.31. The first-order valence-electron chi connectivity index (χ1n) is 8.95. The maximum atomic E-state index is 13.2. The maximum absolute atomic E-state index is 13.2. The van der Waals surface area contributed by atoms with Crippen molar-refractivity contribution in [3.05, 3.63) is 57.0 Å². The minimum atomic E-state index is -0.0765. The molecule has 2 aromatic heterocycles. The molecule has 4 rings (SSSR count). The van der Waals surface area contributed by atoms with Gasteiger partial charge in [-0.3, -0.25) is 9.48 Å². The van der Waals surface area contributed by atoms with E-state index in [0.717, 1.165) is 22.0 Å². The fourth-order valence-corrected chi connectivity index (χ4v) is 3.95. The Bertz CT molecular complexity index is 1000. The number of aromatic nitrogens is 2. The van der Waals surface area contributed by atoms with Crippen LogP contribution in [0.25, 0.3) is 0 Å². The second-order valence-corrected chi connectivity index (χ2v) is 7.94. The molecule has 0 bridgehead atoms. The average Bonchev–Trinajstić information content (AvgIpc) is 3.30. The maximum Gasteiger partial charge on any atom is 0.249 e. The minimum absolute atomic E-state index is 0.0765. The molecule has 28 heavy (non-hydrogen) atoms. The van der Waals surface area contributed by atoms with E-state index in [-0.39, 0.29) is 12.5 Å². The highest BCUT2D eigenvalue weighted by atomic mass is 35.5. The van der Waals surface area contributed by atoms with Crippen molar-refractivity contribution in [2.24, 2.45) is 0 Å². The lowest BCUT2D eigenvalue weighted by atomic mass is 10.2. The third-order valence-corrected chi connectivity index (χ3v) is 6.02. The number of anilines is 1. The van der Waals surface area contributed by atoms with Gasteiger partial charge in [0.25, 0.3) is 0 Å². The van der Waals surface area contributed by atoms with Crippen molar-refractivity contribution < 1.29 is 14.3 Å². The summed E-state index contributed by atoms with van der Waals surface area (Å²) in [5, 5.41) is 6.99. The van der Waals surface area contributed by atoms with Crippen LogP contribution in [0.5, 0.6) is 11.5 Å². The zero-order valence-corrected chi connectivity index (χ0v) is 17.2. The molecule has 146 valence electrons. The molecular formula is C20H20ClN3O3S. The number of carbonyl (C=O) groups is 1. The number of halogens is 1. The Morgan fingerprint density at radius 2 is 2.04 bits per heavy atom. The minimum Gasteiger partial charge on any atom is -0.486 e. The van der Waals surface area contributed by atoms with E-state index in [1.54, 1.807) is 20.9 Å². The van der Waals surface area contributed by atoms with Crippen molar-refractivity contribution in [3.8, 4) is 11.5 Å². The highest BCUT2D eigenvalue weighted by Gasteiger charge is 2.22. The van der Waals surface area contributed by atoms with E-state index < -0.39 is 0 Å². The fraction of sp³-hybridized carbons (Fsp3) is 0.300. The molecule has 0 spiro atoms. The standard InChI is InChI=1S/C20H20ClN3O3S/c1-13-20(21)14(2)24(22-13)12-19(25)23(11-16-4-3-9-28-16)15-5-6-17-18(10-15)27-8-7-26-17/h3-6,9-10H,7-8,11-12H2,1-2H3. The first-order valence-corrected chi connectivity index (χ1v) is 10.2. The van der Waals surface area contributed by atoms with E-state index in [2.05, 4.69) is 5.10 Å². The zero-order chi connectivity index (χ0) is 19.7. The molecular weight excluding hydrogens is 398 g/mol. The van der Waals surface area contributed by atoms with Gasteiger partial charge < -0.3 is 14.4 Å². The second kappa shape index (κ2) is 7.85. The van der Waals surface area contributed by atoms with Crippen molar-refractivity contribution in [3.63, 3.8) is 0 Å². The highest BCUT2D eigenvalue weighted by Crippen LogP contribution is 2.35. The summed E-state index contributed by atoms with van der Waals surface area (Å²) >= 11 is 7.85. The number of nitrogens with zero attached hydrogens (tertiary/aromatic N) is 3. The number of amides is 1. The van der Waals surface area contributed by atoms with Crippen LogP contribution in [0.1, 0.15) is 16.3 Å². The summed E-state index contributed by atoms with van der Waals surface area (Å²) in [7, 11) is 0. The molecule has 1 amide bonds. The van der Waals surface area contributed by atoms with Gasteiger partial charge in [0, 0.05) is 16.6 Å². The molecule has 0 aliphatic carbocycles. The van der Waals surface area contributed by atoms with Crippen LogP contribution in [-0.4, -0.2) is 28.9 Å². The van der Waals surface area contributed by atoms with Crippen LogP contribution in [0.2, 0.25) is 5.02 Å². The molecule has 3 heterocycles. The SMILES string of the molecule is Cc1nn(CC(=O)N(Cc2cccs2)c2ccc3c(c2)OCCO3)c(C)c1Cl. The molecule has 0 saturated carbocycles. The fourth-order valence-electron chi connectivity index (χ4n) is 3.12. The second-order valence-electron chi connectivity index (χ2n) is 6.53. The normalized spacial score (nSPS) is 12.8. The smallest absolute Gasteiger partial charge is 0.249 e. The third kappa shape index (κ3) is 3.72. The van der Waals surface area contributed by atoms with Gasteiger partial charge in [-0.2, -0.15) is 5.10 Å². The predicted octanol–water partition coefficient (Wildman–Crippen LogP) is 4.22. The Morgan fingerprint density at radius 1 is 1.25 bits per heavy atom. The molecule has 0 unspecified atom stereocenters. The molecule has 0 fully saturated rings. The number of hydrogen-bond donors (Lipinski definition) is 0. The van der Waals surface area contributed by atoms with Crippen LogP contribution >= 0.6 is 22.9 Å². The number of carbonyl (C=O) groups excluding carboxylic acids is 1. The largest absolute Gasteiger partial charge is 0.486 e. The molecule has 6 nitrogen and oxygen atoms in total. The number of aryl methyl sites for hydroxylation is 1. The van der Waals surface area contributed by atoms with Crippen molar-refractivity contribution in [2.75, 3.05) is 18.1 Å². The summed E-state index contributed by atoms with van der Waals surface area (Å²) in [6, 6.07) is 9.58. The summed E-state index contributed by atoms with van der Waals surface area (Å²) in [5.41, 5.74) is 2.26. The van der Waals surface area contributed by atoms with E-state index in [4.69, 9.17) is 21.1 Å². The number of thiophene rings is 1. The Balaban J connectivity index is 1.65. The molecule has 1 aliphatic rings. The van der Waals surface area contributed by atoms with Gasteiger partial charge in [-0.1, -0.05) is 17.7 Å². The van der Waals surface area contributed by atoms with Crippen LogP contribution in [-0.2, 0) is 17.9 Å².